The van der Waals surface area contributed by atoms with Crippen molar-refractivity contribution in [2.24, 2.45) is 0 Å². The molecule has 0 N–H and O–H groups in total. The summed E-state index contributed by atoms with van der Waals surface area (Å²) in [6.45, 7) is 16.1. The van der Waals surface area contributed by atoms with Crippen molar-refractivity contribution in [2.75, 3.05) is 0 Å². The number of fused-ring (bicyclic) bond motifs is 7. The quantitative estimate of drug-likeness (QED) is 0.0955. The third-order valence-corrected chi connectivity index (χ3v) is 14.0. The minimum atomic E-state index is 0.0506. The molecule has 0 saturated carbocycles. The van der Waals surface area contributed by atoms with E-state index in [0.717, 1.165) is 43.8 Å². The van der Waals surface area contributed by atoms with Crippen molar-refractivity contribution in [3.05, 3.63) is 205 Å². The fraction of sp³-hybridized carbons (Fsp3) is 0. The Hall–Kier alpha value is -7.26. The average Bonchev–Trinajstić information content (AvgIpc) is 3.67. The van der Waals surface area contributed by atoms with E-state index >= 15 is 0 Å². The maximum absolute atomic E-state index is 8.03. The van der Waals surface area contributed by atoms with E-state index in [1.165, 1.54) is 63.1 Å². The van der Waals surface area contributed by atoms with Gasteiger partial charge in [-0.15, -0.1) is 0 Å². The van der Waals surface area contributed by atoms with Gasteiger partial charge in [-0.1, -0.05) is 0 Å². The molecule has 0 fully saturated rings. The van der Waals surface area contributed by atoms with Crippen LogP contribution in [-0.2, 0) is 0 Å². The van der Waals surface area contributed by atoms with Gasteiger partial charge < -0.3 is 0 Å². The van der Waals surface area contributed by atoms with E-state index in [1.54, 1.807) is 0 Å². The van der Waals surface area contributed by atoms with Gasteiger partial charge in [0.2, 0.25) is 0 Å². The third kappa shape index (κ3) is 4.94. The van der Waals surface area contributed by atoms with Crippen LogP contribution in [0.25, 0.3) is 117 Å². The summed E-state index contributed by atoms with van der Waals surface area (Å²) in [6.07, 6.45) is 0. The molecule has 0 bridgehead atoms. The Bertz CT molecular complexity index is 3440. The number of hydrogen-bond acceptors (Lipinski definition) is 0. The zero-order valence-electron chi connectivity index (χ0n) is 30.6. The molecule has 0 unspecified atom stereocenters. The molecular formula is C54H30N2Se. The minimum absolute atomic E-state index is 0.0506. The molecular weight excluding hydrogens is 756 g/mol. The Morgan fingerprint density at radius 2 is 0.614 bits per heavy atom. The van der Waals surface area contributed by atoms with E-state index in [0.29, 0.717) is 11.4 Å². The molecule has 0 saturated heterocycles. The SMILES string of the molecule is [C-]#[N+]c1ccccc1-c1c2ccccc2c(-c2cccc3c2[se]c2cccc(-c4c5ccccc5c(-c5ccccc5[N+]#[C-])c5ccccc45)c23)c2ccccc12. The van der Waals surface area contributed by atoms with E-state index in [9.17, 15) is 0 Å². The second-order valence-electron chi connectivity index (χ2n) is 14.4. The zero-order chi connectivity index (χ0) is 38.0. The standard InChI is InChI=1S/C54H30N2Se/c1-55-46-30-13-11-25-41(46)49-33-17-3-7-21-37(33)51(38-22-8-4-18-34(38)49)43-27-16-32-48-53(43)45-29-15-28-44(54(45)57-48)52-39-23-9-5-19-35(39)50(36-20-6-10-24-40(36)52)42-26-12-14-31-47(42)56-2/h3-32H. The Labute approximate surface area is 335 Å². The van der Waals surface area contributed by atoms with Gasteiger partial charge in [0.05, 0.1) is 0 Å². The molecule has 11 rings (SSSR count). The molecule has 0 spiro atoms. The monoisotopic (exact) mass is 786 g/mol. The Morgan fingerprint density at radius 3 is 1.05 bits per heavy atom. The van der Waals surface area contributed by atoms with Gasteiger partial charge in [-0.05, 0) is 0 Å². The number of benzene rings is 10. The first-order valence-electron chi connectivity index (χ1n) is 19.0. The van der Waals surface area contributed by atoms with Gasteiger partial charge in [0, 0.05) is 0 Å². The molecule has 262 valence electrons. The van der Waals surface area contributed by atoms with Crippen LogP contribution in [0.5, 0.6) is 0 Å². The van der Waals surface area contributed by atoms with Gasteiger partial charge in [0.25, 0.3) is 0 Å². The number of nitrogens with zero attached hydrogens (tertiary/aromatic N) is 2. The summed E-state index contributed by atoms with van der Waals surface area (Å²) >= 11 is 0.0506. The third-order valence-electron chi connectivity index (χ3n) is 11.5. The molecule has 10 aromatic carbocycles. The van der Waals surface area contributed by atoms with Crippen LogP contribution in [0.2, 0.25) is 0 Å². The summed E-state index contributed by atoms with van der Waals surface area (Å²) in [6, 6.07) is 64.7. The molecule has 0 aliphatic carbocycles. The molecule has 0 amide bonds. The molecule has 0 atom stereocenters. The van der Waals surface area contributed by atoms with Gasteiger partial charge in [0.15, 0.2) is 0 Å². The van der Waals surface area contributed by atoms with Crippen molar-refractivity contribution in [1.82, 2.24) is 0 Å². The summed E-state index contributed by atoms with van der Waals surface area (Å²) in [5, 5.41) is 12.0. The van der Waals surface area contributed by atoms with Gasteiger partial charge in [-0.2, -0.15) is 0 Å². The van der Waals surface area contributed by atoms with Gasteiger partial charge in [-0.3, -0.25) is 0 Å². The molecule has 2 nitrogen and oxygen atoms in total. The van der Waals surface area contributed by atoms with Crippen LogP contribution in [0.1, 0.15) is 0 Å². The average molecular weight is 786 g/mol. The molecule has 1 aromatic heterocycles. The first-order valence-corrected chi connectivity index (χ1v) is 20.7. The summed E-state index contributed by atoms with van der Waals surface area (Å²) in [4.78, 5) is 7.90. The van der Waals surface area contributed by atoms with Crippen molar-refractivity contribution in [3.63, 3.8) is 0 Å². The molecule has 0 aliphatic rings. The van der Waals surface area contributed by atoms with E-state index in [4.69, 9.17) is 13.1 Å². The Morgan fingerprint density at radius 1 is 0.298 bits per heavy atom. The molecule has 1 heterocycles. The summed E-state index contributed by atoms with van der Waals surface area (Å²) in [5.74, 6) is 0. The maximum atomic E-state index is 8.03. The normalized spacial score (nSPS) is 11.5. The second kappa shape index (κ2) is 13.2. The van der Waals surface area contributed by atoms with Crippen molar-refractivity contribution in [1.29, 1.82) is 0 Å². The number of rotatable bonds is 4. The topological polar surface area (TPSA) is 8.72 Å². The summed E-state index contributed by atoms with van der Waals surface area (Å²) < 4.78 is 2.78. The second-order valence-corrected chi connectivity index (χ2v) is 16.6. The van der Waals surface area contributed by atoms with Gasteiger partial charge >= 0.3 is 338 Å². The fourth-order valence-corrected chi connectivity index (χ4v) is 11.9. The van der Waals surface area contributed by atoms with Crippen LogP contribution in [0.3, 0.4) is 0 Å². The van der Waals surface area contributed by atoms with Crippen LogP contribution < -0.4 is 0 Å². The van der Waals surface area contributed by atoms with Crippen LogP contribution in [-0.4, -0.2) is 14.5 Å². The molecule has 0 aliphatic heterocycles. The predicted octanol–water partition coefficient (Wildman–Crippen LogP) is 15.4. The van der Waals surface area contributed by atoms with Crippen LogP contribution >= 0.6 is 0 Å². The predicted molar refractivity (Wildman–Crippen MR) is 243 cm³/mol. The van der Waals surface area contributed by atoms with Gasteiger partial charge in [0.1, 0.15) is 0 Å². The first-order chi connectivity index (χ1) is 28.2. The summed E-state index contributed by atoms with van der Waals surface area (Å²) in [7, 11) is 0. The van der Waals surface area contributed by atoms with Crippen molar-refractivity contribution >= 4 is 88.3 Å². The fourth-order valence-electron chi connectivity index (χ4n) is 9.24. The molecule has 3 heteroatoms. The first kappa shape index (κ1) is 33.1. The Kier molecular flexibility index (Phi) is 7.67. The van der Waals surface area contributed by atoms with E-state index in [2.05, 4.69) is 155 Å². The van der Waals surface area contributed by atoms with E-state index < -0.39 is 0 Å². The zero-order valence-corrected chi connectivity index (χ0v) is 32.3. The Balaban J connectivity index is 1.24. The molecule has 11 aromatic rings. The van der Waals surface area contributed by atoms with Crippen LogP contribution in [0.15, 0.2) is 182 Å². The van der Waals surface area contributed by atoms with Crippen molar-refractivity contribution in [3.8, 4) is 44.5 Å². The van der Waals surface area contributed by atoms with Crippen LogP contribution in [0.4, 0.5) is 11.4 Å². The van der Waals surface area contributed by atoms with Crippen molar-refractivity contribution < 1.29 is 0 Å². The van der Waals surface area contributed by atoms with Crippen molar-refractivity contribution in [2.45, 2.75) is 0 Å². The van der Waals surface area contributed by atoms with Gasteiger partial charge in [-0.25, -0.2) is 0 Å². The van der Waals surface area contributed by atoms with E-state index in [-0.39, 0.29) is 14.5 Å². The molecule has 57 heavy (non-hydrogen) atoms. The summed E-state index contributed by atoms with van der Waals surface area (Å²) in [5.41, 5.74) is 10.5. The molecule has 0 radical (unpaired) electrons. The van der Waals surface area contributed by atoms with E-state index in [1.807, 2.05) is 36.4 Å². The number of para-hydroxylation sites is 2. The number of hydrogen-bond donors (Lipinski definition) is 0. The van der Waals surface area contributed by atoms with Crippen LogP contribution in [0, 0.1) is 13.1 Å².